The topological polar surface area (TPSA) is 15.3 Å². The molecule has 1 saturated heterocycles. The number of likely N-dealkylation sites (N-methyl/N-ethyl adjacent to an activating group) is 1. The van der Waals surface area contributed by atoms with Gasteiger partial charge in [-0.2, -0.15) is 0 Å². The predicted molar refractivity (Wildman–Crippen MR) is 79.3 cm³/mol. The molecule has 100 valence electrons. The number of anilines is 1. The Balaban J connectivity index is 1.88. The number of rotatable bonds is 3. The van der Waals surface area contributed by atoms with Gasteiger partial charge in [0.25, 0.3) is 0 Å². The van der Waals surface area contributed by atoms with Crippen LogP contribution in [-0.2, 0) is 0 Å². The quantitative estimate of drug-likeness (QED) is 0.880. The van der Waals surface area contributed by atoms with Gasteiger partial charge in [-0.15, -0.1) is 0 Å². The summed E-state index contributed by atoms with van der Waals surface area (Å²) in [7, 11) is 2.20. The highest BCUT2D eigenvalue weighted by atomic mass is 15.1. The fourth-order valence-corrected chi connectivity index (χ4v) is 2.67. The van der Waals surface area contributed by atoms with Crippen LogP contribution in [0.5, 0.6) is 0 Å². The lowest BCUT2D eigenvalue weighted by atomic mass is 10.0. The summed E-state index contributed by atoms with van der Waals surface area (Å²) in [6, 6.07) is 9.47. The molecule has 2 nitrogen and oxygen atoms in total. The Morgan fingerprint density at radius 3 is 2.61 bits per heavy atom. The second-order valence-electron chi connectivity index (χ2n) is 5.57. The van der Waals surface area contributed by atoms with Gasteiger partial charge >= 0.3 is 0 Å². The van der Waals surface area contributed by atoms with Gasteiger partial charge in [0, 0.05) is 25.3 Å². The Kier molecular flexibility index (Phi) is 5.06. The molecule has 0 spiro atoms. The predicted octanol–water partition coefficient (Wildman–Crippen LogP) is 3.35. The molecule has 2 rings (SSSR count). The van der Waals surface area contributed by atoms with Gasteiger partial charge in [0.2, 0.25) is 0 Å². The van der Waals surface area contributed by atoms with Crippen LogP contribution >= 0.6 is 0 Å². The third-order valence-corrected chi connectivity index (χ3v) is 3.88. The van der Waals surface area contributed by atoms with Crippen molar-refractivity contribution in [2.24, 2.45) is 0 Å². The Morgan fingerprint density at radius 1 is 1.11 bits per heavy atom. The van der Waals surface area contributed by atoms with Crippen molar-refractivity contribution in [3.63, 3.8) is 0 Å². The Morgan fingerprint density at radius 2 is 1.83 bits per heavy atom. The summed E-state index contributed by atoms with van der Waals surface area (Å²) in [5, 5.41) is 3.69. The first kappa shape index (κ1) is 13.4. The molecule has 1 aliphatic heterocycles. The van der Waals surface area contributed by atoms with Crippen LogP contribution < -0.4 is 10.2 Å². The SMILES string of the molecule is Cc1ccc(N(C)CC2CCCCCCN2)cc1. The third kappa shape index (κ3) is 4.02. The zero-order chi connectivity index (χ0) is 12.8. The molecular weight excluding hydrogens is 220 g/mol. The van der Waals surface area contributed by atoms with Gasteiger partial charge in [-0.1, -0.05) is 37.0 Å². The van der Waals surface area contributed by atoms with Crippen LogP contribution in [0.25, 0.3) is 0 Å². The van der Waals surface area contributed by atoms with E-state index >= 15 is 0 Å². The third-order valence-electron chi connectivity index (χ3n) is 3.88. The number of nitrogens with one attached hydrogen (secondary N) is 1. The molecular formula is C16H26N2. The number of hydrogen-bond acceptors (Lipinski definition) is 2. The second-order valence-corrected chi connectivity index (χ2v) is 5.57. The normalized spacial score (nSPS) is 21.1. The van der Waals surface area contributed by atoms with E-state index in [0.29, 0.717) is 6.04 Å². The molecule has 18 heavy (non-hydrogen) atoms. The molecule has 2 heteroatoms. The van der Waals surface area contributed by atoms with Crippen molar-refractivity contribution >= 4 is 5.69 Å². The molecule has 1 unspecified atom stereocenters. The first-order valence-corrected chi connectivity index (χ1v) is 7.27. The van der Waals surface area contributed by atoms with E-state index in [1.807, 2.05) is 0 Å². The Labute approximate surface area is 111 Å². The lowest BCUT2D eigenvalue weighted by molar-refractivity contribution is 0.418. The first-order chi connectivity index (χ1) is 8.75. The fourth-order valence-electron chi connectivity index (χ4n) is 2.67. The number of hydrogen-bond donors (Lipinski definition) is 1. The van der Waals surface area contributed by atoms with E-state index in [0.717, 1.165) is 6.54 Å². The number of nitrogens with zero attached hydrogens (tertiary/aromatic N) is 1. The van der Waals surface area contributed by atoms with Crippen LogP contribution in [0.2, 0.25) is 0 Å². The van der Waals surface area contributed by atoms with Gasteiger partial charge in [0.05, 0.1) is 0 Å². The van der Waals surface area contributed by atoms with Crippen molar-refractivity contribution in [2.45, 2.75) is 45.1 Å². The van der Waals surface area contributed by atoms with Crippen LogP contribution in [0.4, 0.5) is 5.69 Å². The summed E-state index contributed by atoms with van der Waals surface area (Å²) in [5.41, 5.74) is 2.65. The Hall–Kier alpha value is -1.02. The van der Waals surface area contributed by atoms with Gasteiger partial charge in [-0.05, 0) is 38.4 Å². The lowest BCUT2D eigenvalue weighted by Gasteiger charge is -2.28. The summed E-state index contributed by atoms with van der Waals surface area (Å²) < 4.78 is 0. The molecule has 1 fully saturated rings. The smallest absolute Gasteiger partial charge is 0.0364 e. The highest BCUT2D eigenvalue weighted by Crippen LogP contribution is 2.16. The highest BCUT2D eigenvalue weighted by molar-refractivity contribution is 5.46. The molecule has 0 radical (unpaired) electrons. The minimum atomic E-state index is 0.650. The maximum absolute atomic E-state index is 3.69. The molecule has 1 heterocycles. The average molecular weight is 246 g/mol. The van der Waals surface area contributed by atoms with Crippen molar-refractivity contribution in [2.75, 3.05) is 25.0 Å². The molecule has 0 aliphatic carbocycles. The van der Waals surface area contributed by atoms with Crippen molar-refractivity contribution < 1.29 is 0 Å². The first-order valence-electron chi connectivity index (χ1n) is 7.27. The summed E-state index contributed by atoms with van der Waals surface area (Å²) in [5.74, 6) is 0. The minimum absolute atomic E-state index is 0.650. The van der Waals surface area contributed by atoms with E-state index in [1.165, 1.54) is 49.9 Å². The van der Waals surface area contributed by atoms with E-state index in [9.17, 15) is 0 Å². The van der Waals surface area contributed by atoms with Crippen LogP contribution in [0.15, 0.2) is 24.3 Å². The van der Waals surface area contributed by atoms with Crippen molar-refractivity contribution in [3.05, 3.63) is 29.8 Å². The second kappa shape index (κ2) is 6.79. The van der Waals surface area contributed by atoms with E-state index in [2.05, 4.69) is 48.5 Å². The van der Waals surface area contributed by atoms with E-state index < -0.39 is 0 Å². The molecule has 1 aromatic rings. The summed E-state index contributed by atoms with van der Waals surface area (Å²) in [4.78, 5) is 2.37. The highest BCUT2D eigenvalue weighted by Gasteiger charge is 2.13. The van der Waals surface area contributed by atoms with Crippen molar-refractivity contribution in [1.82, 2.24) is 5.32 Å². The van der Waals surface area contributed by atoms with Gasteiger partial charge in [-0.3, -0.25) is 0 Å². The fraction of sp³-hybridized carbons (Fsp3) is 0.625. The largest absolute Gasteiger partial charge is 0.373 e. The van der Waals surface area contributed by atoms with Gasteiger partial charge in [-0.25, -0.2) is 0 Å². The molecule has 1 atom stereocenters. The zero-order valence-electron chi connectivity index (χ0n) is 11.8. The molecule has 0 amide bonds. The molecule has 1 aromatic carbocycles. The lowest BCUT2D eigenvalue weighted by Crippen LogP contribution is -2.40. The summed E-state index contributed by atoms with van der Waals surface area (Å²) in [6.07, 6.45) is 6.83. The molecule has 0 aromatic heterocycles. The van der Waals surface area contributed by atoms with Crippen LogP contribution in [0.1, 0.15) is 37.7 Å². The maximum atomic E-state index is 3.69. The zero-order valence-corrected chi connectivity index (χ0v) is 11.8. The molecule has 0 bridgehead atoms. The molecule has 1 N–H and O–H groups in total. The van der Waals surface area contributed by atoms with Crippen LogP contribution in [0, 0.1) is 6.92 Å². The maximum Gasteiger partial charge on any atom is 0.0364 e. The van der Waals surface area contributed by atoms with Crippen molar-refractivity contribution in [3.8, 4) is 0 Å². The van der Waals surface area contributed by atoms with E-state index in [-0.39, 0.29) is 0 Å². The van der Waals surface area contributed by atoms with Crippen LogP contribution in [-0.4, -0.2) is 26.2 Å². The standard InChI is InChI=1S/C16H26N2/c1-14-8-10-16(11-9-14)18(2)13-15-7-5-3-4-6-12-17-15/h8-11,15,17H,3-7,12-13H2,1-2H3. The summed E-state index contributed by atoms with van der Waals surface area (Å²) >= 11 is 0. The van der Waals surface area contributed by atoms with Crippen molar-refractivity contribution in [1.29, 1.82) is 0 Å². The molecule has 0 saturated carbocycles. The Bertz CT molecular complexity index is 337. The van der Waals surface area contributed by atoms with Gasteiger partial charge in [0.1, 0.15) is 0 Å². The number of benzene rings is 1. The minimum Gasteiger partial charge on any atom is -0.373 e. The van der Waals surface area contributed by atoms with E-state index in [4.69, 9.17) is 0 Å². The van der Waals surface area contributed by atoms with E-state index in [1.54, 1.807) is 0 Å². The van der Waals surface area contributed by atoms with Gasteiger partial charge in [0.15, 0.2) is 0 Å². The summed E-state index contributed by atoms with van der Waals surface area (Å²) in [6.45, 7) is 4.44. The van der Waals surface area contributed by atoms with Gasteiger partial charge < -0.3 is 10.2 Å². The number of aryl methyl sites for hydroxylation is 1. The van der Waals surface area contributed by atoms with Crippen LogP contribution in [0.3, 0.4) is 0 Å². The monoisotopic (exact) mass is 246 g/mol. The molecule has 1 aliphatic rings. The average Bonchev–Trinajstić information content (AvgIpc) is 2.33.